The predicted molar refractivity (Wildman–Crippen MR) is 72.1 cm³/mol. The second-order valence-electron chi connectivity index (χ2n) is 4.36. The lowest BCUT2D eigenvalue weighted by molar-refractivity contribution is 0.223. The molecule has 0 saturated carbocycles. The van der Waals surface area contributed by atoms with Crippen molar-refractivity contribution < 1.29 is 0 Å². The van der Waals surface area contributed by atoms with Crippen LogP contribution in [-0.2, 0) is 6.54 Å². The highest BCUT2D eigenvalue weighted by Crippen LogP contribution is 2.12. The van der Waals surface area contributed by atoms with E-state index in [0.717, 1.165) is 31.2 Å². The molecule has 0 bridgehead atoms. The molecule has 0 unspecified atom stereocenters. The van der Waals surface area contributed by atoms with E-state index in [1.165, 1.54) is 12.8 Å². The maximum atomic E-state index is 5.72. The summed E-state index contributed by atoms with van der Waals surface area (Å²) in [7, 11) is 0. The summed E-state index contributed by atoms with van der Waals surface area (Å²) in [6, 6.07) is 3.75. The Bertz CT molecular complexity index is 309. The molecule has 1 rings (SSSR count). The Morgan fingerprint density at radius 1 is 1.18 bits per heavy atom. The van der Waals surface area contributed by atoms with E-state index in [0.29, 0.717) is 5.15 Å². The molecular weight excluding hydrogens is 234 g/mol. The van der Waals surface area contributed by atoms with E-state index in [-0.39, 0.29) is 0 Å². The number of aromatic nitrogens is 2. The molecule has 0 spiro atoms. The smallest absolute Gasteiger partial charge is 0.151 e. The van der Waals surface area contributed by atoms with Gasteiger partial charge in [-0.1, -0.05) is 45.2 Å². The zero-order valence-electron chi connectivity index (χ0n) is 11.0. The van der Waals surface area contributed by atoms with Gasteiger partial charge in [-0.15, -0.1) is 5.10 Å². The van der Waals surface area contributed by atoms with Crippen molar-refractivity contribution in [2.75, 3.05) is 13.1 Å². The summed E-state index contributed by atoms with van der Waals surface area (Å²) in [5.41, 5.74) is 0.988. The number of nitrogens with zero attached hydrogens (tertiary/aromatic N) is 3. The Labute approximate surface area is 109 Å². The van der Waals surface area contributed by atoms with Crippen LogP contribution >= 0.6 is 11.6 Å². The molecule has 3 nitrogen and oxygen atoms in total. The topological polar surface area (TPSA) is 29.0 Å². The fraction of sp³-hybridized carbons (Fsp3) is 0.692. The molecule has 0 aliphatic heterocycles. The normalized spacial score (nSPS) is 11.4. The molecule has 1 aromatic rings. The molecule has 96 valence electrons. The fourth-order valence-electron chi connectivity index (χ4n) is 1.87. The second kappa shape index (κ2) is 7.62. The quantitative estimate of drug-likeness (QED) is 0.748. The molecule has 0 amide bonds. The van der Waals surface area contributed by atoms with Gasteiger partial charge in [0.15, 0.2) is 5.15 Å². The number of halogens is 1. The van der Waals surface area contributed by atoms with Crippen molar-refractivity contribution in [2.24, 2.45) is 5.92 Å². The molecule has 0 fully saturated rings. The third kappa shape index (κ3) is 5.00. The molecular formula is C13H22ClN3. The Morgan fingerprint density at radius 2 is 1.88 bits per heavy atom. The van der Waals surface area contributed by atoms with Gasteiger partial charge in [-0.25, -0.2) is 0 Å². The van der Waals surface area contributed by atoms with E-state index in [1.807, 2.05) is 6.07 Å². The van der Waals surface area contributed by atoms with Gasteiger partial charge < -0.3 is 0 Å². The minimum absolute atomic E-state index is 0.455. The molecule has 4 heteroatoms. The van der Waals surface area contributed by atoms with Gasteiger partial charge in [0, 0.05) is 13.1 Å². The van der Waals surface area contributed by atoms with E-state index in [2.05, 4.69) is 35.9 Å². The lowest BCUT2D eigenvalue weighted by atomic mass is 10.0. The van der Waals surface area contributed by atoms with Gasteiger partial charge in [0.25, 0.3) is 0 Å². The zero-order valence-corrected chi connectivity index (χ0v) is 11.7. The largest absolute Gasteiger partial charge is 0.297 e. The van der Waals surface area contributed by atoms with Gasteiger partial charge in [0.2, 0.25) is 0 Å². The molecule has 1 heterocycles. The van der Waals surface area contributed by atoms with Gasteiger partial charge in [-0.2, -0.15) is 5.10 Å². The van der Waals surface area contributed by atoms with Gasteiger partial charge in [-0.05, 0) is 24.6 Å². The van der Waals surface area contributed by atoms with Crippen LogP contribution in [0.1, 0.15) is 39.3 Å². The van der Waals surface area contributed by atoms with E-state index >= 15 is 0 Å². The fourth-order valence-corrected chi connectivity index (χ4v) is 1.98. The van der Waals surface area contributed by atoms with Crippen molar-refractivity contribution in [1.29, 1.82) is 0 Å². The average Bonchev–Trinajstić information content (AvgIpc) is 2.37. The van der Waals surface area contributed by atoms with Crippen LogP contribution in [0.3, 0.4) is 0 Å². The van der Waals surface area contributed by atoms with Crippen LogP contribution < -0.4 is 0 Å². The third-order valence-electron chi connectivity index (χ3n) is 3.19. The van der Waals surface area contributed by atoms with Crippen molar-refractivity contribution in [2.45, 2.75) is 40.2 Å². The van der Waals surface area contributed by atoms with Crippen LogP contribution in [0.25, 0.3) is 0 Å². The van der Waals surface area contributed by atoms with E-state index in [4.69, 9.17) is 11.6 Å². The number of hydrogen-bond donors (Lipinski definition) is 0. The Hall–Kier alpha value is -0.670. The summed E-state index contributed by atoms with van der Waals surface area (Å²) in [4.78, 5) is 2.41. The molecule has 0 saturated heterocycles. The molecule has 0 aliphatic rings. The molecule has 0 N–H and O–H groups in total. The zero-order chi connectivity index (χ0) is 12.7. The first-order valence-electron chi connectivity index (χ1n) is 6.40. The van der Waals surface area contributed by atoms with Crippen molar-refractivity contribution in [3.05, 3.63) is 23.0 Å². The van der Waals surface area contributed by atoms with Crippen LogP contribution in [-0.4, -0.2) is 28.2 Å². The molecule has 17 heavy (non-hydrogen) atoms. The van der Waals surface area contributed by atoms with E-state index < -0.39 is 0 Å². The van der Waals surface area contributed by atoms with Gasteiger partial charge >= 0.3 is 0 Å². The Balaban J connectivity index is 2.54. The van der Waals surface area contributed by atoms with E-state index in [1.54, 1.807) is 6.07 Å². The summed E-state index contributed by atoms with van der Waals surface area (Å²) in [5.74, 6) is 0.773. The van der Waals surface area contributed by atoms with Crippen LogP contribution in [0, 0.1) is 5.92 Å². The SMILES string of the molecule is CCC(CC)CN(CC)Cc1ccc(Cl)nn1. The minimum atomic E-state index is 0.455. The summed E-state index contributed by atoms with van der Waals surface area (Å²) in [6.07, 6.45) is 2.47. The summed E-state index contributed by atoms with van der Waals surface area (Å²) in [6.45, 7) is 9.73. The summed E-state index contributed by atoms with van der Waals surface area (Å²) < 4.78 is 0. The predicted octanol–water partition coefficient (Wildman–Crippen LogP) is 3.39. The molecule has 0 aliphatic carbocycles. The van der Waals surface area contributed by atoms with Crippen molar-refractivity contribution in [3.8, 4) is 0 Å². The highest BCUT2D eigenvalue weighted by Gasteiger charge is 2.11. The Kier molecular flexibility index (Phi) is 6.45. The lowest BCUT2D eigenvalue weighted by Gasteiger charge is -2.24. The van der Waals surface area contributed by atoms with Crippen LogP contribution in [0.4, 0.5) is 0 Å². The van der Waals surface area contributed by atoms with Gasteiger partial charge in [0.1, 0.15) is 0 Å². The molecule has 0 radical (unpaired) electrons. The molecule has 0 atom stereocenters. The van der Waals surface area contributed by atoms with Crippen LogP contribution in [0.15, 0.2) is 12.1 Å². The molecule has 1 aromatic heterocycles. The maximum Gasteiger partial charge on any atom is 0.151 e. The lowest BCUT2D eigenvalue weighted by Crippen LogP contribution is -2.29. The average molecular weight is 256 g/mol. The van der Waals surface area contributed by atoms with Crippen molar-refractivity contribution in [3.63, 3.8) is 0 Å². The first-order valence-corrected chi connectivity index (χ1v) is 6.77. The minimum Gasteiger partial charge on any atom is -0.297 e. The highest BCUT2D eigenvalue weighted by molar-refractivity contribution is 6.29. The highest BCUT2D eigenvalue weighted by atomic mass is 35.5. The van der Waals surface area contributed by atoms with Crippen molar-refractivity contribution >= 4 is 11.6 Å². The monoisotopic (exact) mass is 255 g/mol. The second-order valence-corrected chi connectivity index (χ2v) is 4.74. The van der Waals surface area contributed by atoms with Crippen molar-refractivity contribution in [1.82, 2.24) is 15.1 Å². The number of rotatable bonds is 7. The Morgan fingerprint density at radius 3 is 2.35 bits per heavy atom. The van der Waals surface area contributed by atoms with Gasteiger partial charge in [-0.3, -0.25) is 4.90 Å². The molecule has 0 aromatic carbocycles. The third-order valence-corrected chi connectivity index (χ3v) is 3.39. The first-order chi connectivity index (χ1) is 8.19. The van der Waals surface area contributed by atoms with Crippen LogP contribution in [0.5, 0.6) is 0 Å². The maximum absolute atomic E-state index is 5.72. The van der Waals surface area contributed by atoms with Crippen LogP contribution in [0.2, 0.25) is 5.15 Å². The van der Waals surface area contributed by atoms with E-state index in [9.17, 15) is 0 Å². The summed E-state index contributed by atoms with van der Waals surface area (Å²) >= 11 is 5.72. The number of hydrogen-bond acceptors (Lipinski definition) is 3. The summed E-state index contributed by atoms with van der Waals surface area (Å²) in [5, 5.41) is 8.43. The standard InChI is InChI=1S/C13H22ClN3/c1-4-11(5-2)9-17(6-3)10-12-7-8-13(14)16-15-12/h7-8,11H,4-6,9-10H2,1-3H3. The first kappa shape index (κ1) is 14.4. The van der Waals surface area contributed by atoms with Gasteiger partial charge in [0.05, 0.1) is 5.69 Å².